The summed E-state index contributed by atoms with van der Waals surface area (Å²) in [6.07, 6.45) is 0.333. The van der Waals surface area contributed by atoms with Crippen molar-refractivity contribution in [2.24, 2.45) is 0 Å². The van der Waals surface area contributed by atoms with E-state index in [0.717, 1.165) is 0 Å². The van der Waals surface area contributed by atoms with Crippen LogP contribution in [0.5, 0.6) is 11.5 Å². The molecular formula is C20H18F3N3O4. The number of aromatic nitrogens is 2. The van der Waals surface area contributed by atoms with Gasteiger partial charge in [-0.05, 0) is 42.0 Å². The first-order valence-corrected chi connectivity index (χ1v) is 8.91. The van der Waals surface area contributed by atoms with Crippen molar-refractivity contribution in [3.8, 4) is 22.9 Å². The minimum atomic E-state index is -2.96. The van der Waals surface area contributed by atoms with Crippen molar-refractivity contribution in [3.05, 3.63) is 59.7 Å². The molecule has 7 nitrogen and oxygen atoms in total. The number of hydrogen-bond donors (Lipinski definition) is 1. The SMILES string of the molecule is COc1cc(CNC(=O)CCc2nc(-c3ccc(F)cc3)no2)ccc1OC(F)F. The number of rotatable bonds is 9. The minimum Gasteiger partial charge on any atom is -0.493 e. The van der Waals surface area contributed by atoms with E-state index in [1.54, 1.807) is 6.07 Å². The molecule has 0 spiro atoms. The molecule has 0 saturated carbocycles. The fraction of sp³-hybridized carbons (Fsp3) is 0.250. The molecule has 1 aromatic heterocycles. The highest BCUT2D eigenvalue weighted by Gasteiger charge is 2.13. The fourth-order valence-corrected chi connectivity index (χ4v) is 2.60. The average Bonchev–Trinajstić information content (AvgIpc) is 3.20. The molecular weight excluding hydrogens is 403 g/mol. The summed E-state index contributed by atoms with van der Waals surface area (Å²) in [5, 5.41) is 6.53. The Bertz CT molecular complexity index is 993. The van der Waals surface area contributed by atoms with Crippen molar-refractivity contribution in [1.82, 2.24) is 15.5 Å². The quantitative estimate of drug-likeness (QED) is 0.567. The van der Waals surface area contributed by atoms with E-state index in [1.807, 2.05) is 0 Å². The summed E-state index contributed by atoms with van der Waals surface area (Å²) in [6, 6.07) is 10.0. The highest BCUT2D eigenvalue weighted by atomic mass is 19.3. The highest BCUT2D eigenvalue weighted by Crippen LogP contribution is 2.29. The molecule has 0 saturated heterocycles. The normalized spacial score (nSPS) is 10.8. The maximum absolute atomic E-state index is 13.0. The lowest BCUT2D eigenvalue weighted by atomic mass is 10.2. The van der Waals surface area contributed by atoms with Crippen LogP contribution < -0.4 is 14.8 Å². The number of halogens is 3. The molecule has 3 aromatic rings. The van der Waals surface area contributed by atoms with Crippen LogP contribution in [0.2, 0.25) is 0 Å². The molecule has 0 aliphatic carbocycles. The van der Waals surface area contributed by atoms with E-state index in [2.05, 4.69) is 20.2 Å². The maximum atomic E-state index is 13.0. The number of carbonyl (C=O) groups excluding carboxylic acids is 1. The molecule has 0 fully saturated rings. The van der Waals surface area contributed by atoms with Crippen LogP contribution in [0, 0.1) is 5.82 Å². The Morgan fingerprint density at radius 3 is 2.63 bits per heavy atom. The van der Waals surface area contributed by atoms with Crippen molar-refractivity contribution in [3.63, 3.8) is 0 Å². The number of benzene rings is 2. The summed E-state index contributed by atoms with van der Waals surface area (Å²) in [6.45, 7) is -2.79. The molecule has 0 atom stereocenters. The molecule has 0 radical (unpaired) electrons. The number of amides is 1. The van der Waals surface area contributed by atoms with Crippen molar-refractivity contribution in [2.75, 3.05) is 7.11 Å². The Hall–Kier alpha value is -3.56. The monoisotopic (exact) mass is 421 g/mol. The van der Waals surface area contributed by atoms with E-state index < -0.39 is 6.61 Å². The molecule has 0 bridgehead atoms. The van der Waals surface area contributed by atoms with Crippen LogP contribution in [0.3, 0.4) is 0 Å². The van der Waals surface area contributed by atoms with Gasteiger partial charge in [0, 0.05) is 24.9 Å². The smallest absolute Gasteiger partial charge is 0.387 e. The van der Waals surface area contributed by atoms with Crippen LogP contribution in [-0.2, 0) is 17.8 Å². The number of methoxy groups -OCH3 is 1. The number of nitrogens with one attached hydrogen (secondary N) is 1. The lowest BCUT2D eigenvalue weighted by molar-refractivity contribution is -0.121. The van der Waals surface area contributed by atoms with Gasteiger partial charge in [-0.3, -0.25) is 4.79 Å². The maximum Gasteiger partial charge on any atom is 0.387 e. The van der Waals surface area contributed by atoms with Gasteiger partial charge in [-0.25, -0.2) is 4.39 Å². The van der Waals surface area contributed by atoms with Gasteiger partial charge in [-0.15, -0.1) is 0 Å². The largest absolute Gasteiger partial charge is 0.493 e. The van der Waals surface area contributed by atoms with Gasteiger partial charge in [0.25, 0.3) is 0 Å². The van der Waals surface area contributed by atoms with Gasteiger partial charge in [0.15, 0.2) is 11.5 Å². The minimum absolute atomic E-state index is 0.0871. The molecule has 3 rings (SSSR count). The Balaban J connectivity index is 1.50. The Kier molecular flexibility index (Phi) is 6.89. The molecule has 1 N–H and O–H groups in total. The molecule has 0 unspecified atom stereocenters. The third kappa shape index (κ3) is 5.72. The Morgan fingerprint density at radius 2 is 1.93 bits per heavy atom. The number of ether oxygens (including phenoxy) is 2. The fourth-order valence-electron chi connectivity index (χ4n) is 2.60. The topological polar surface area (TPSA) is 86.5 Å². The predicted octanol–water partition coefficient (Wildman–Crippen LogP) is 3.73. The van der Waals surface area contributed by atoms with Gasteiger partial charge in [0.2, 0.25) is 17.6 Å². The zero-order chi connectivity index (χ0) is 21.5. The van der Waals surface area contributed by atoms with Crippen LogP contribution in [0.4, 0.5) is 13.2 Å². The van der Waals surface area contributed by atoms with Gasteiger partial charge >= 0.3 is 6.61 Å². The molecule has 0 aliphatic rings. The molecule has 30 heavy (non-hydrogen) atoms. The van der Waals surface area contributed by atoms with Gasteiger partial charge in [-0.1, -0.05) is 11.2 Å². The second kappa shape index (κ2) is 9.77. The van der Waals surface area contributed by atoms with E-state index >= 15 is 0 Å². The summed E-state index contributed by atoms with van der Waals surface area (Å²) in [4.78, 5) is 16.3. The first-order valence-electron chi connectivity index (χ1n) is 8.91. The van der Waals surface area contributed by atoms with E-state index in [0.29, 0.717) is 17.0 Å². The first-order chi connectivity index (χ1) is 14.4. The summed E-state index contributed by atoms with van der Waals surface area (Å²) < 4.78 is 52.2. The summed E-state index contributed by atoms with van der Waals surface area (Å²) >= 11 is 0. The molecule has 0 aliphatic heterocycles. The van der Waals surface area contributed by atoms with Crippen LogP contribution >= 0.6 is 0 Å². The van der Waals surface area contributed by atoms with Gasteiger partial charge in [0.05, 0.1) is 7.11 Å². The molecule has 10 heteroatoms. The van der Waals surface area contributed by atoms with E-state index in [1.165, 1.54) is 43.5 Å². The Labute approximate surface area is 169 Å². The number of alkyl halides is 2. The lowest BCUT2D eigenvalue weighted by Crippen LogP contribution is -2.23. The van der Waals surface area contributed by atoms with Crippen LogP contribution in [-0.4, -0.2) is 29.8 Å². The summed E-state index contributed by atoms with van der Waals surface area (Å²) in [5.74, 6) is 0.0109. The highest BCUT2D eigenvalue weighted by molar-refractivity contribution is 5.76. The second-order valence-corrected chi connectivity index (χ2v) is 6.16. The number of carbonyl (C=O) groups is 1. The molecule has 158 valence electrons. The van der Waals surface area contributed by atoms with Crippen molar-refractivity contribution in [2.45, 2.75) is 26.0 Å². The average molecular weight is 421 g/mol. The second-order valence-electron chi connectivity index (χ2n) is 6.16. The van der Waals surface area contributed by atoms with E-state index in [9.17, 15) is 18.0 Å². The first kappa shape index (κ1) is 21.2. The third-order valence-corrected chi connectivity index (χ3v) is 4.07. The van der Waals surface area contributed by atoms with Gasteiger partial charge in [-0.2, -0.15) is 13.8 Å². The lowest BCUT2D eigenvalue weighted by Gasteiger charge is -2.11. The van der Waals surface area contributed by atoms with Crippen molar-refractivity contribution >= 4 is 5.91 Å². The number of aryl methyl sites for hydroxylation is 1. The Morgan fingerprint density at radius 1 is 1.17 bits per heavy atom. The molecule has 1 heterocycles. The number of nitrogens with zero attached hydrogens (tertiary/aromatic N) is 2. The molecule has 2 aromatic carbocycles. The van der Waals surface area contributed by atoms with Crippen LogP contribution in [0.1, 0.15) is 17.9 Å². The predicted molar refractivity (Wildman–Crippen MR) is 99.5 cm³/mol. The van der Waals surface area contributed by atoms with Gasteiger partial charge in [0.1, 0.15) is 5.82 Å². The van der Waals surface area contributed by atoms with E-state index in [-0.39, 0.29) is 48.5 Å². The van der Waals surface area contributed by atoms with Crippen LogP contribution in [0.25, 0.3) is 11.4 Å². The summed E-state index contributed by atoms with van der Waals surface area (Å²) in [7, 11) is 1.33. The van der Waals surface area contributed by atoms with Crippen molar-refractivity contribution in [1.29, 1.82) is 0 Å². The van der Waals surface area contributed by atoms with Crippen LogP contribution in [0.15, 0.2) is 47.0 Å². The number of hydrogen-bond acceptors (Lipinski definition) is 6. The summed E-state index contributed by atoms with van der Waals surface area (Å²) in [5.41, 5.74) is 1.25. The van der Waals surface area contributed by atoms with Crippen molar-refractivity contribution < 1.29 is 32.0 Å². The standard InChI is InChI=1S/C20H18F3N3O4/c1-28-16-10-12(2-7-15(16)29-20(22)23)11-24-17(27)8-9-18-25-19(26-30-18)13-3-5-14(21)6-4-13/h2-7,10,20H,8-9,11H2,1H3,(H,24,27). The molecule has 1 amide bonds. The zero-order valence-corrected chi connectivity index (χ0v) is 15.9. The third-order valence-electron chi connectivity index (χ3n) is 4.07. The van der Waals surface area contributed by atoms with E-state index in [4.69, 9.17) is 9.26 Å². The van der Waals surface area contributed by atoms with Gasteiger partial charge < -0.3 is 19.3 Å². The zero-order valence-electron chi connectivity index (χ0n) is 15.9.